The third-order valence-electron chi connectivity index (χ3n) is 2.17. The molecule has 0 saturated carbocycles. The molecule has 14 heavy (non-hydrogen) atoms. The summed E-state index contributed by atoms with van der Waals surface area (Å²) >= 11 is 0. The van der Waals surface area contributed by atoms with Gasteiger partial charge in [-0.2, -0.15) is 0 Å². The molecule has 0 amide bonds. The largest absolute Gasteiger partial charge is 0.325 e. The summed E-state index contributed by atoms with van der Waals surface area (Å²) < 4.78 is 1.77. The Hall–Kier alpha value is -1.68. The fourth-order valence-corrected chi connectivity index (χ4v) is 1.40. The van der Waals surface area contributed by atoms with Gasteiger partial charge in [-0.15, -0.1) is 5.10 Å². The summed E-state index contributed by atoms with van der Waals surface area (Å²) in [5.74, 6) is 0. The lowest BCUT2D eigenvalue weighted by atomic mass is 10.2. The Morgan fingerprint density at radius 1 is 1.36 bits per heavy atom. The van der Waals surface area contributed by atoms with Crippen LogP contribution in [0.25, 0.3) is 5.69 Å². The van der Waals surface area contributed by atoms with Crippen molar-refractivity contribution in [2.75, 3.05) is 0 Å². The van der Waals surface area contributed by atoms with E-state index in [1.165, 1.54) is 0 Å². The van der Waals surface area contributed by atoms with Crippen LogP contribution in [-0.4, -0.2) is 15.0 Å². The predicted molar refractivity (Wildman–Crippen MR) is 54.0 cm³/mol. The van der Waals surface area contributed by atoms with Gasteiger partial charge in [0, 0.05) is 6.54 Å². The van der Waals surface area contributed by atoms with Crippen LogP contribution < -0.4 is 5.73 Å². The molecule has 0 aliphatic heterocycles. The van der Waals surface area contributed by atoms with Crippen LogP contribution in [0.3, 0.4) is 0 Å². The zero-order valence-electron chi connectivity index (χ0n) is 8.01. The molecule has 4 nitrogen and oxygen atoms in total. The molecule has 2 aromatic rings. The Balaban J connectivity index is 2.54. The number of nitrogens with zero attached hydrogens (tertiary/aromatic N) is 3. The lowest BCUT2D eigenvalue weighted by Gasteiger charge is -2.06. The van der Waals surface area contributed by atoms with Crippen molar-refractivity contribution < 1.29 is 0 Å². The number of para-hydroxylation sites is 1. The van der Waals surface area contributed by atoms with Crippen LogP contribution in [0.2, 0.25) is 0 Å². The van der Waals surface area contributed by atoms with Gasteiger partial charge in [-0.05, 0) is 18.6 Å². The third kappa shape index (κ3) is 1.40. The average Bonchev–Trinajstić information content (AvgIpc) is 2.66. The molecule has 0 aliphatic carbocycles. The fraction of sp³-hybridized carbons (Fsp3) is 0.200. The molecular weight excluding hydrogens is 176 g/mol. The molecule has 0 radical (unpaired) electrons. The van der Waals surface area contributed by atoms with E-state index in [0.717, 1.165) is 16.9 Å². The number of aromatic nitrogens is 3. The number of benzene rings is 1. The maximum Gasteiger partial charge on any atom is 0.0781 e. The van der Waals surface area contributed by atoms with Crippen molar-refractivity contribution in [2.24, 2.45) is 5.73 Å². The Labute approximate surface area is 82.4 Å². The molecule has 0 atom stereocenters. The summed E-state index contributed by atoms with van der Waals surface area (Å²) in [6.45, 7) is 2.48. The molecule has 0 aliphatic rings. The first-order chi connectivity index (χ1) is 6.83. The van der Waals surface area contributed by atoms with Crippen molar-refractivity contribution in [3.8, 4) is 5.69 Å². The predicted octanol–water partition coefficient (Wildman–Crippen LogP) is 1.03. The minimum atomic E-state index is 0.446. The number of hydrogen-bond donors (Lipinski definition) is 1. The quantitative estimate of drug-likeness (QED) is 0.766. The summed E-state index contributed by atoms with van der Waals surface area (Å²) in [6, 6.07) is 8.02. The van der Waals surface area contributed by atoms with Crippen molar-refractivity contribution in [3.63, 3.8) is 0 Å². The Kier molecular flexibility index (Phi) is 2.28. The van der Waals surface area contributed by atoms with E-state index in [2.05, 4.69) is 10.3 Å². The smallest absolute Gasteiger partial charge is 0.0781 e. The second-order valence-corrected chi connectivity index (χ2v) is 3.13. The molecule has 0 spiro atoms. The second kappa shape index (κ2) is 3.59. The van der Waals surface area contributed by atoms with Crippen molar-refractivity contribution in [1.29, 1.82) is 0 Å². The zero-order valence-corrected chi connectivity index (χ0v) is 8.01. The summed E-state index contributed by atoms with van der Waals surface area (Å²) in [6.07, 6.45) is 1.69. The third-order valence-corrected chi connectivity index (χ3v) is 2.17. The summed E-state index contributed by atoms with van der Waals surface area (Å²) in [4.78, 5) is 0. The number of rotatable bonds is 2. The van der Waals surface area contributed by atoms with Gasteiger partial charge in [0.25, 0.3) is 0 Å². The van der Waals surface area contributed by atoms with Gasteiger partial charge in [0.2, 0.25) is 0 Å². The molecule has 1 aromatic carbocycles. The van der Waals surface area contributed by atoms with Gasteiger partial charge in [0.05, 0.1) is 17.6 Å². The SMILES string of the molecule is Cc1ccccc1-n1nncc1CN. The van der Waals surface area contributed by atoms with Crippen LogP contribution in [0.15, 0.2) is 30.5 Å². The summed E-state index contributed by atoms with van der Waals surface area (Å²) in [5, 5.41) is 7.85. The molecular formula is C10H12N4. The molecule has 1 aromatic heterocycles. The Bertz CT molecular complexity index is 433. The maximum atomic E-state index is 5.58. The number of hydrogen-bond acceptors (Lipinski definition) is 3. The molecule has 1 heterocycles. The minimum Gasteiger partial charge on any atom is -0.325 e. The molecule has 4 heteroatoms. The van der Waals surface area contributed by atoms with E-state index in [-0.39, 0.29) is 0 Å². The van der Waals surface area contributed by atoms with E-state index in [4.69, 9.17) is 5.73 Å². The highest BCUT2D eigenvalue weighted by molar-refractivity contribution is 5.39. The Morgan fingerprint density at radius 3 is 2.86 bits per heavy atom. The maximum absolute atomic E-state index is 5.58. The van der Waals surface area contributed by atoms with Gasteiger partial charge in [-0.1, -0.05) is 23.4 Å². The highest BCUT2D eigenvalue weighted by atomic mass is 15.4. The van der Waals surface area contributed by atoms with Crippen LogP contribution in [0, 0.1) is 6.92 Å². The lowest BCUT2D eigenvalue weighted by Crippen LogP contribution is -2.07. The van der Waals surface area contributed by atoms with Gasteiger partial charge < -0.3 is 5.73 Å². The molecule has 2 rings (SSSR count). The van der Waals surface area contributed by atoms with Crippen LogP contribution >= 0.6 is 0 Å². The first kappa shape index (κ1) is 8.90. The molecule has 0 bridgehead atoms. The molecule has 0 fully saturated rings. The van der Waals surface area contributed by atoms with Crippen molar-refractivity contribution >= 4 is 0 Å². The summed E-state index contributed by atoms with van der Waals surface area (Å²) in [5.41, 5.74) is 8.69. The van der Waals surface area contributed by atoms with E-state index in [9.17, 15) is 0 Å². The first-order valence-corrected chi connectivity index (χ1v) is 4.48. The van der Waals surface area contributed by atoms with Crippen molar-refractivity contribution in [1.82, 2.24) is 15.0 Å². The normalized spacial score (nSPS) is 10.4. The van der Waals surface area contributed by atoms with Gasteiger partial charge in [0.1, 0.15) is 0 Å². The minimum absolute atomic E-state index is 0.446. The molecule has 0 unspecified atom stereocenters. The van der Waals surface area contributed by atoms with Crippen LogP contribution in [-0.2, 0) is 6.54 Å². The highest BCUT2D eigenvalue weighted by Gasteiger charge is 2.05. The van der Waals surface area contributed by atoms with E-state index in [1.54, 1.807) is 10.9 Å². The number of nitrogens with two attached hydrogens (primary N) is 1. The van der Waals surface area contributed by atoms with E-state index >= 15 is 0 Å². The van der Waals surface area contributed by atoms with E-state index in [1.807, 2.05) is 31.2 Å². The standard InChI is InChI=1S/C10H12N4/c1-8-4-2-3-5-10(8)14-9(6-11)7-12-13-14/h2-5,7H,6,11H2,1H3. The van der Waals surface area contributed by atoms with E-state index in [0.29, 0.717) is 6.54 Å². The average molecular weight is 188 g/mol. The van der Waals surface area contributed by atoms with Crippen LogP contribution in [0.1, 0.15) is 11.3 Å². The number of aryl methyl sites for hydroxylation is 1. The topological polar surface area (TPSA) is 56.7 Å². The summed E-state index contributed by atoms with van der Waals surface area (Å²) in [7, 11) is 0. The molecule has 2 N–H and O–H groups in total. The van der Waals surface area contributed by atoms with E-state index < -0.39 is 0 Å². The second-order valence-electron chi connectivity index (χ2n) is 3.13. The monoisotopic (exact) mass is 188 g/mol. The van der Waals surface area contributed by atoms with Gasteiger partial charge in [-0.25, -0.2) is 4.68 Å². The van der Waals surface area contributed by atoms with Crippen LogP contribution in [0.4, 0.5) is 0 Å². The van der Waals surface area contributed by atoms with Gasteiger partial charge >= 0.3 is 0 Å². The first-order valence-electron chi connectivity index (χ1n) is 4.48. The van der Waals surface area contributed by atoms with Gasteiger partial charge in [-0.3, -0.25) is 0 Å². The van der Waals surface area contributed by atoms with Crippen molar-refractivity contribution in [2.45, 2.75) is 13.5 Å². The van der Waals surface area contributed by atoms with Crippen molar-refractivity contribution in [3.05, 3.63) is 41.7 Å². The zero-order chi connectivity index (χ0) is 9.97. The lowest BCUT2D eigenvalue weighted by molar-refractivity contribution is 0.757. The van der Waals surface area contributed by atoms with Crippen LogP contribution in [0.5, 0.6) is 0 Å². The van der Waals surface area contributed by atoms with Gasteiger partial charge in [0.15, 0.2) is 0 Å². The highest BCUT2D eigenvalue weighted by Crippen LogP contribution is 2.13. The molecule has 0 saturated heterocycles. The molecule has 72 valence electrons. The fourth-order valence-electron chi connectivity index (χ4n) is 1.40. The Morgan fingerprint density at radius 2 is 2.14 bits per heavy atom.